The lowest BCUT2D eigenvalue weighted by Gasteiger charge is -2.07. The van der Waals surface area contributed by atoms with Crippen molar-refractivity contribution in [2.24, 2.45) is 11.7 Å². The Morgan fingerprint density at radius 1 is 0.600 bits per heavy atom. The van der Waals surface area contributed by atoms with E-state index in [-0.39, 0.29) is 5.48 Å². The Morgan fingerprint density at radius 2 is 0.900 bits per heavy atom. The van der Waals surface area contributed by atoms with Gasteiger partial charge in [-0.05, 0) is 0 Å². The summed E-state index contributed by atoms with van der Waals surface area (Å²) in [7, 11) is 0. The average Bonchev–Trinajstić information content (AvgIpc) is 1.89. The van der Waals surface area contributed by atoms with Crippen molar-refractivity contribution >= 4 is 0 Å². The van der Waals surface area contributed by atoms with E-state index in [0.717, 1.165) is 0 Å². The van der Waals surface area contributed by atoms with Gasteiger partial charge in [-0.25, -0.2) is 0 Å². The molecule has 0 aliphatic rings. The van der Waals surface area contributed by atoms with E-state index in [1.807, 2.05) is 0 Å². The first kappa shape index (κ1) is 12.3. The second-order valence-corrected chi connectivity index (χ2v) is 0.914. The fraction of sp³-hybridized carbons (Fsp3) is 0. The molecule has 0 saturated carbocycles. The van der Waals surface area contributed by atoms with Crippen molar-refractivity contribution in [1.82, 2.24) is 38.7 Å². The second kappa shape index (κ2) is 11.4. The third-order valence-corrected chi connectivity index (χ3v) is 0.394. The van der Waals surface area contributed by atoms with Crippen molar-refractivity contribution < 1.29 is 5.48 Å². The molecule has 0 bridgehead atoms. The van der Waals surface area contributed by atoms with Crippen molar-refractivity contribution in [1.29, 1.82) is 0 Å². The van der Waals surface area contributed by atoms with E-state index < -0.39 is 0 Å². The van der Waals surface area contributed by atoms with Crippen LogP contribution in [0.4, 0.5) is 0 Å². The third kappa shape index (κ3) is 10.6. The van der Waals surface area contributed by atoms with E-state index in [1.54, 1.807) is 0 Å². The first-order chi connectivity index (χ1) is 4.41. The fourth-order valence-corrected chi connectivity index (χ4v) is 0.166. The molecule has 0 atom stereocenters. The van der Waals surface area contributed by atoms with Crippen molar-refractivity contribution in [3.8, 4) is 0 Å². The molecular weight excluding hydrogens is 142 g/mol. The molecule has 0 aliphatic carbocycles. The molecule has 0 unspecified atom stereocenters. The summed E-state index contributed by atoms with van der Waals surface area (Å²) in [5, 5.41) is 0. The van der Waals surface area contributed by atoms with Gasteiger partial charge in [0.05, 0.1) is 0 Å². The predicted octanol–water partition coefficient (Wildman–Crippen LogP) is -5.47. The Labute approximate surface area is 57.1 Å². The Balaban J connectivity index is 0. The van der Waals surface area contributed by atoms with E-state index in [2.05, 4.69) is 38.7 Å². The maximum Gasteiger partial charge on any atom is -0.164 e. The van der Waals surface area contributed by atoms with Gasteiger partial charge in [0.15, 0.2) is 0 Å². The molecular formula is H13N9O. The number of hydrogen-bond acceptors (Lipinski definition) is 9. The van der Waals surface area contributed by atoms with Gasteiger partial charge >= 0.3 is 0 Å². The standard InChI is InChI=1S/H11N9.H2O/c1-3-5-7-9-8-6-4-2;/h3-9H,1-2H2;1H2. The number of nitrogens with two attached hydrogens (primary N) is 2. The van der Waals surface area contributed by atoms with Crippen LogP contribution in [0.3, 0.4) is 0 Å². The maximum absolute atomic E-state index is 4.79. The molecule has 10 heavy (non-hydrogen) atoms. The molecule has 0 radical (unpaired) electrons. The van der Waals surface area contributed by atoms with E-state index in [4.69, 9.17) is 11.7 Å². The summed E-state index contributed by atoms with van der Waals surface area (Å²) in [6.45, 7) is 0. The van der Waals surface area contributed by atoms with Crippen LogP contribution in [0.1, 0.15) is 0 Å². The highest BCUT2D eigenvalue weighted by Gasteiger charge is 1.74. The van der Waals surface area contributed by atoms with Gasteiger partial charge in [-0.1, -0.05) is 0 Å². The Kier molecular flexibility index (Phi) is 14.0. The molecule has 10 heteroatoms. The van der Waals surface area contributed by atoms with Crippen molar-refractivity contribution in [3.63, 3.8) is 0 Å². The summed E-state index contributed by atoms with van der Waals surface area (Å²) >= 11 is 0. The normalized spacial score (nSPS) is 9.00. The molecule has 13 N–H and O–H groups in total. The van der Waals surface area contributed by atoms with Crippen molar-refractivity contribution in [3.05, 3.63) is 0 Å². The average molecular weight is 155 g/mol. The molecule has 0 aliphatic heterocycles. The van der Waals surface area contributed by atoms with E-state index in [1.165, 1.54) is 0 Å². The zero-order valence-corrected chi connectivity index (χ0v) is 5.15. The molecule has 64 valence electrons. The van der Waals surface area contributed by atoms with Crippen molar-refractivity contribution in [2.75, 3.05) is 0 Å². The number of nitrogens with one attached hydrogen (secondary N) is 7. The minimum absolute atomic E-state index is 0. The van der Waals surface area contributed by atoms with Gasteiger partial charge in [-0.15, -0.1) is 0 Å². The predicted molar refractivity (Wildman–Crippen MR) is 33.9 cm³/mol. The summed E-state index contributed by atoms with van der Waals surface area (Å²) < 4.78 is 0. The lowest BCUT2D eigenvalue weighted by atomic mass is 12.1. The van der Waals surface area contributed by atoms with E-state index >= 15 is 0 Å². The minimum atomic E-state index is 0. The van der Waals surface area contributed by atoms with Crippen molar-refractivity contribution in [2.45, 2.75) is 0 Å². The van der Waals surface area contributed by atoms with Crippen LogP contribution in [0.25, 0.3) is 0 Å². The lowest BCUT2D eigenvalue weighted by Crippen LogP contribution is -2.63. The van der Waals surface area contributed by atoms with Gasteiger partial charge in [0.25, 0.3) is 0 Å². The summed E-state index contributed by atoms with van der Waals surface area (Å²) in [5.41, 5.74) is 15.9. The SMILES string of the molecule is NNNNNNNNN.O. The van der Waals surface area contributed by atoms with E-state index in [0.29, 0.717) is 0 Å². The molecule has 0 rings (SSSR count). The molecule has 0 heterocycles. The number of hydrogen-bond donors (Lipinski definition) is 9. The molecule has 0 amide bonds. The quantitative estimate of drug-likeness (QED) is 0.103. The van der Waals surface area contributed by atoms with Gasteiger partial charge in [-0.3, -0.25) is 11.7 Å². The van der Waals surface area contributed by atoms with Crippen LogP contribution in [0, 0.1) is 0 Å². The Hall–Kier alpha value is -0.400. The van der Waals surface area contributed by atoms with Gasteiger partial charge in [0.1, 0.15) is 0 Å². The minimum Gasteiger partial charge on any atom is -0.412 e. The topological polar surface area (TPSA) is 168 Å². The van der Waals surface area contributed by atoms with Crippen LogP contribution in [0.15, 0.2) is 0 Å². The maximum atomic E-state index is 4.79. The molecule has 10 nitrogen and oxygen atoms in total. The first-order valence-electron chi connectivity index (χ1n) is 2.08. The number of rotatable bonds is 6. The molecule has 0 aromatic carbocycles. The third-order valence-electron chi connectivity index (χ3n) is 0.394. The molecule has 0 aromatic heterocycles. The zero-order chi connectivity index (χ0) is 6.95. The van der Waals surface area contributed by atoms with Gasteiger partial charge < -0.3 is 5.48 Å². The Bertz CT molecular complexity index is 38.0. The molecule has 0 aromatic rings. The van der Waals surface area contributed by atoms with Crippen LogP contribution in [0.2, 0.25) is 0 Å². The van der Waals surface area contributed by atoms with Gasteiger partial charge in [-0.2, -0.15) is 38.7 Å². The van der Waals surface area contributed by atoms with Crippen LogP contribution < -0.4 is 50.4 Å². The molecule has 0 saturated heterocycles. The number of hydrazine groups is 8. The highest BCUT2D eigenvalue weighted by molar-refractivity contribution is 4.08. The van der Waals surface area contributed by atoms with Gasteiger partial charge in [0.2, 0.25) is 0 Å². The second-order valence-electron chi connectivity index (χ2n) is 0.914. The monoisotopic (exact) mass is 155 g/mol. The summed E-state index contributed by atoms with van der Waals surface area (Å²) in [6, 6.07) is 0. The highest BCUT2D eigenvalue weighted by atomic mass is 16.0. The Morgan fingerprint density at radius 3 is 1.20 bits per heavy atom. The van der Waals surface area contributed by atoms with Crippen LogP contribution in [0.5, 0.6) is 0 Å². The fourth-order valence-electron chi connectivity index (χ4n) is 0.166. The van der Waals surface area contributed by atoms with Crippen LogP contribution >= 0.6 is 0 Å². The van der Waals surface area contributed by atoms with Crippen LogP contribution in [-0.4, -0.2) is 5.48 Å². The summed E-state index contributed by atoms with van der Waals surface area (Å²) in [5.74, 6) is 9.58. The summed E-state index contributed by atoms with van der Waals surface area (Å²) in [4.78, 5) is 0. The lowest BCUT2D eigenvalue weighted by molar-refractivity contribution is 0.275. The van der Waals surface area contributed by atoms with Gasteiger partial charge in [0, 0.05) is 0 Å². The largest absolute Gasteiger partial charge is 0.412 e. The first-order valence-corrected chi connectivity index (χ1v) is 2.08. The smallest absolute Gasteiger partial charge is 0.164 e. The highest BCUT2D eigenvalue weighted by Crippen LogP contribution is 1.19. The summed E-state index contributed by atoms with van der Waals surface area (Å²) in [6.07, 6.45) is 0. The zero-order valence-electron chi connectivity index (χ0n) is 5.15. The molecule has 0 spiro atoms. The molecule has 0 fully saturated rings. The van der Waals surface area contributed by atoms with E-state index in [9.17, 15) is 0 Å². The van der Waals surface area contributed by atoms with Crippen LogP contribution in [-0.2, 0) is 0 Å².